The van der Waals surface area contributed by atoms with Crippen LogP contribution in [0, 0.1) is 0 Å². The Balaban J connectivity index is 1.71. The van der Waals surface area contributed by atoms with Crippen molar-refractivity contribution in [1.82, 2.24) is 10.0 Å². The summed E-state index contributed by atoms with van der Waals surface area (Å²) in [4.78, 5) is 11.7. The van der Waals surface area contributed by atoms with Crippen molar-refractivity contribution in [2.45, 2.75) is 4.90 Å². The molecule has 0 unspecified atom stereocenters. The standard InChI is InChI=1S/C17H19ClN2O5S/c1-24-14-5-7-15(8-6-14)25-10-9-19-17(21)12-20-26(22,23)16-4-2-3-13(18)11-16/h2-8,11,20H,9-10,12H2,1H3,(H,19,21). The summed E-state index contributed by atoms with van der Waals surface area (Å²) < 4.78 is 36.9. The maximum absolute atomic E-state index is 12.1. The van der Waals surface area contributed by atoms with E-state index in [-0.39, 0.29) is 24.6 Å². The minimum absolute atomic E-state index is 0.000592. The first-order chi connectivity index (χ1) is 12.4. The Morgan fingerprint density at radius 2 is 1.81 bits per heavy atom. The summed E-state index contributed by atoms with van der Waals surface area (Å²) in [6.07, 6.45) is 0. The van der Waals surface area contributed by atoms with Crippen molar-refractivity contribution in [2.24, 2.45) is 0 Å². The number of halogens is 1. The van der Waals surface area contributed by atoms with Gasteiger partial charge in [-0.25, -0.2) is 13.1 Å². The lowest BCUT2D eigenvalue weighted by Gasteiger charge is -2.09. The zero-order valence-electron chi connectivity index (χ0n) is 14.1. The Hall–Kier alpha value is -2.29. The molecule has 2 rings (SSSR count). The van der Waals surface area contributed by atoms with E-state index in [1.54, 1.807) is 37.4 Å². The van der Waals surface area contributed by atoms with E-state index in [4.69, 9.17) is 21.1 Å². The number of carbonyl (C=O) groups excluding carboxylic acids is 1. The van der Waals surface area contributed by atoms with Gasteiger partial charge in [0, 0.05) is 5.02 Å². The van der Waals surface area contributed by atoms with Gasteiger partial charge in [-0.2, -0.15) is 0 Å². The number of hydrogen-bond acceptors (Lipinski definition) is 5. The summed E-state index contributed by atoms with van der Waals surface area (Å²) in [6, 6.07) is 12.8. The number of carbonyl (C=O) groups is 1. The molecule has 0 atom stereocenters. The van der Waals surface area contributed by atoms with E-state index < -0.39 is 15.9 Å². The lowest BCUT2D eigenvalue weighted by atomic mass is 10.3. The van der Waals surface area contributed by atoms with Gasteiger partial charge in [0.05, 0.1) is 25.1 Å². The van der Waals surface area contributed by atoms with Gasteiger partial charge in [-0.15, -0.1) is 0 Å². The number of sulfonamides is 1. The molecule has 1 amide bonds. The highest BCUT2D eigenvalue weighted by atomic mass is 35.5. The van der Waals surface area contributed by atoms with Crippen LogP contribution < -0.4 is 19.5 Å². The van der Waals surface area contributed by atoms with Crippen LogP contribution in [0.4, 0.5) is 0 Å². The normalized spacial score (nSPS) is 11.0. The Morgan fingerprint density at radius 3 is 2.46 bits per heavy atom. The van der Waals surface area contributed by atoms with Crippen LogP contribution in [0.3, 0.4) is 0 Å². The number of methoxy groups -OCH3 is 1. The quantitative estimate of drug-likeness (QED) is 0.628. The third-order valence-electron chi connectivity index (χ3n) is 3.28. The predicted octanol–water partition coefficient (Wildman–Crippen LogP) is 1.82. The third kappa shape index (κ3) is 6.21. The van der Waals surface area contributed by atoms with Gasteiger partial charge in [0.2, 0.25) is 15.9 Å². The van der Waals surface area contributed by atoms with E-state index in [1.165, 1.54) is 18.2 Å². The van der Waals surface area contributed by atoms with Crippen LogP contribution in [-0.2, 0) is 14.8 Å². The fraction of sp³-hybridized carbons (Fsp3) is 0.235. The van der Waals surface area contributed by atoms with Crippen LogP contribution in [0.1, 0.15) is 0 Å². The lowest BCUT2D eigenvalue weighted by molar-refractivity contribution is -0.120. The molecule has 9 heteroatoms. The number of ether oxygens (including phenoxy) is 2. The highest BCUT2D eigenvalue weighted by Gasteiger charge is 2.15. The van der Waals surface area contributed by atoms with Crippen molar-refractivity contribution in [1.29, 1.82) is 0 Å². The summed E-state index contributed by atoms with van der Waals surface area (Å²) in [5.41, 5.74) is 0. The molecule has 0 radical (unpaired) electrons. The molecule has 0 fully saturated rings. The van der Waals surface area contributed by atoms with Crippen molar-refractivity contribution in [3.63, 3.8) is 0 Å². The molecule has 0 aromatic heterocycles. The SMILES string of the molecule is COc1ccc(OCCNC(=O)CNS(=O)(=O)c2cccc(Cl)c2)cc1. The molecule has 26 heavy (non-hydrogen) atoms. The molecule has 2 N–H and O–H groups in total. The lowest BCUT2D eigenvalue weighted by Crippen LogP contribution is -2.38. The number of amides is 1. The monoisotopic (exact) mass is 398 g/mol. The predicted molar refractivity (Wildman–Crippen MR) is 98.1 cm³/mol. The molecule has 0 aliphatic rings. The Kier molecular flexibility index (Phi) is 7.26. The zero-order chi connectivity index (χ0) is 19.0. The Labute approximate surface area is 157 Å². The fourth-order valence-electron chi connectivity index (χ4n) is 1.97. The van der Waals surface area contributed by atoms with Gasteiger partial charge >= 0.3 is 0 Å². The summed E-state index contributed by atoms with van der Waals surface area (Å²) in [6.45, 7) is 0.111. The molecule has 0 bridgehead atoms. The van der Waals surface area contributed by atoms with E-state index in [2.05, 4.69) is 10.0 Å². The van der Waals surface area contributed by atoms with Crippen molar-refractivity contribution in [2.75, 3.05) is 26.8 Å². The second-order valence-electron chi connectivity index (χ2n) is 5.16. The van der Waals surface area contributed by atoms with E-state index in [0.717, 1.165) is 5.75 Å². The summed E-state index contributed by atoms with van der Waals surface area (Å²) in [7, 11) is -2.22. The largest absolute Gasteiger partial charge is 0.497 e. The van der Waals surface area contributed by atoms with Gasteiger partial charge in [0.1, 0.15) is 18.1 Å². The molecular formula is C17H19ClN2O5S. The van der Waals surface area contributed by atoms with Crippen LogP contribution in [-0.4, -0.2) is 41.1 Å². The first-order valence-corrected chi connectivity index (χ1v) is 9.55. The molecule has 0 aliphatic heterocycles. The van der Waals surface area contributed by atoms with Crippen molar-refractivity contribution in [3.05, 3.63) is 53.6 Å². The summed E-state index contributed by atoms with van der Waals surface area (Å²) >= 11 is 5.77. The second kappa shape index (κ2) is 9.42. The smallest absolute Gasteiger partial charge is 0.241 e. The van der Waals surface area contributed by atoms with Crippen LogP contribution in [0.5, 0.6) is 11.5 Å². The maximum atomic E-state index is 12.1. The topological polar surface area (TPSA) is 93.7 Å². The molecule has 0 aliphatic carbocycles. The minimum atomic E-state index is -3.80. The number of nitrogens with one attached hydrogen (secondary N) is 2. The molecular weight excluding hydrogens is 380 g/mol. The van der Waals surface area contributed by atoms with Crippen molar-refractivity contribution < 1.29 is 22.7 Å². The maximum Gasteiger partial charge on any atom is 0.241 e. The van der Waals surface area contributed by atoms with Gasteiger partial charge < -0.3 is 14.8 Å². The van der Waals surface area contributed by atoms with Gasteiger partial charge in [-0.3, -0.25) is 4.79 Å². The van der Waals surface area contributed by atoms with E-state index in [1.807, 2.05) is 0 Å². The highest BCUT2D eigenvalue weighted by Crippen LogP contribution is 2.17. The van der Waals surface area contributed by atoms with Crippen LogP contribution in [0.25, 0.3) is 0 Å². The summed E-state index contributed by atoms with van der Waals surface area (Å²) in [5.74, 6) is 0.897. The Morgan fingerprint density at radius 1 is 1.12 bits per heavy atom. The minimum Gasteiger partial charge on any atom is -0.497 e. The number of rotatable bonds is 9. The molecule has 0 saturated heterocycles. The summed E-state index contributed by atoms with van der Waals surface area (Å²) in [5, 5.41) is 2.87. The van der Waals surface area contributed by atoms with Crippen LogP contribution in [0.15, 0.2) is 53.4 Å². The number of benzene rings is 2. The van der Waals surface area contributed by atoms with Gasteiger partial charge in [0.15, 0.2) is 0 Å². The first-order valence-electron chi connectivity index (χ1n) is 7.69. The van der Waals surface area contributed by atoms with Crippen LogP contribution in [0.2, 0.25) is 5.02 Å². The Bertz CT molecular complexity index is 840. The molecule has 0 saturated carbocycles. The van der Waals surface area contributed by atoms with Gasteiger partial charge in [0.25, 0.3) is 0 Å². The van der Waals surface area contributed by atoms with Crippen molar-refractivity contribution >= 4 is 27.5 Å². The van der Waals surface area contributed by atoms with Gasteiger partial charge in [-0.05, 0) is 42.5 Å². The van der Waals surface area contributed by atoms with E-state index in [9.17, 15) is 13.2 Å². The van der Waals surface area contributed by atoms with Crippen LogP contribution >= 0.6 is 11.6 Å². The molecule has 0 heterocycles. The zero-order valence-corrected chi connectivity index (χ0v) is 15.6. The van der Waals surface area contributed by atoms with E-state index in [0.29, 0.717) is 10.8 Å². The highest BCUT2D eigenvalue weighted by molar-refractivity contribution is 7.89. The molecule has 2 aromatic rings. The molecule has 0 spiro atoms. The second-order valence-corrected chi connectivity index (χ2v) is 7.36. The molecule has 140 valence electrons. The molecule has 7 nitrogen and oxygen atoms in total. The third-order valence-corrected chi connectivity index (χ3v) is 4.92. The average molecular weight is 399 g/mol. The average Bonchev–Trinajstić information content (AvgIpc) is 2.64. The van der Waals surface area contributed by atoms with Gasteiger partial charge in [-0.1, -0.05) is 17.7 Å². The number of hydrogen-bond donors (Lipinski definition) is 2. The molecule has 2 aromatic carbocycles. The van der Waals surface area contributed by atoms with E-state index >= 15 is 0 Å². The fourth-order valence-corrected chi connectivity index (χ4v) is 3.25. The first kappa shape index (κ1) is 20.0. The van der Waals surface area contributed by atoms with Crippen molar-refractivity contribution in [3.8, 4) is 11.5 Å².